The van der Waals surface area contributed by atoms with E-state index in [1.54, 1.807) is 26.0 Å². The van der Waals surface area contributed by atoms with Crippen molar-refractivity contribution in [2.75, 3.05) is 13.1 Å². The minimum atomic E-state index is -3.56. The van der Waals surface area contributed by atoms with Gasteiger partial charge in [0, 0.05) is 13.1 Å². The molecule has 0 saturated heterocycles. The van der Waals surface area contributed by atoms with E-state index >= 15 is 0 Å². The summed E-state index contributed by atoms with van der Waals surface area (Å²) in [4.78, 5) is 12.4. The van der Waals surface area contributed by atoms with E-state index in [9.17, 15) is 13.2 Å². The monoisotopic (exact) mass is 339 g/mol. The van der Waals surface area contributed by atoms with Crippen molar-refractivity contribution in [3.05, 3.63) is 29.8 Å². The molecule has 0 aromatic heterocycles. The van der Waals surface area contributed by atoms with E-state index < -0.39 is 16.0 Å². The molecule has 1 aliphatic carbocycles. The third-order valence-corrected chi connectivity index (χ3v) is 6.28. The van der Waals surface area contributed by atoms with E-state index in [2.05, 4.69) is 0 Å². The van der Waals surface area contributed by atoms with Gasteiger partial charge in [-0.05, 0) is 43.9 Å². The van der Waals surface area contributed by atoms with Crippen LogP contribution in [0.5, 0.6) is 0 Å². The molecule has 0 N–H and O–H groups in total. The van der Waals surface area contributed by atoms with Crippen LogP contribution >= 0.6 is 0 Å². The zero-order valence-corrected chi connectivity index (χ0v) is 14.6. The first-order chi connectivity index (χ1) is 11.0. The van der Waals surface area contributed by atoms with Crippen LogP contribution in [0.2, 0.25) is 0 Å². The van der Waals surface area contributed by atoms with Crippen LogP contribution < -0.4 is 0 Å². The summed E-state index contributed by atoms with van der Waals surface area (Å²) in [6, 6.07) is 6.13. The van der Waals surface area contributed by atoms with E-state index in [0.717, 1.165) is 25.7 Å². The number of benzene rings is 1. The SMILES string of the molecule is CCN(CC)S(=O)(=O)c1cccc(C(=O)OC2CCCCC2)c1. The van der Waals surface area contributed by atoms with Crippen LogP contribution in [-0.4, -0.2) is 37.9 Å². The van der Waals surface area contributed by atoms with Crippen molar-refractivity contribution in [2.24, 2.45) is 0 Å². The first-order valence-corrected chi connectivity index (χ1v) is 9.74. The highest BCUT2D eigenvalue weighted by atomic mass is 32.2. The third kappa shape index (κ3) is 4.32. The number of carbonyl (C=O) groups is 1. The standard InChI is InChI=1S/C17H25NO4S/c1-3-18(4-2)23(20,21)16-12-8-9-14(13-16)17(19)22-15-10-6-5-7-11-15/h8-9,12-13,15H,3-7,10-11H2,1-2H3. The highest BCUT2D eigenvalue weighted by Gasteiger charge is 2.24. The molecule has 0 radical (unpaired) electrons. The van der Waals surface area contributed by atoms with E-state index in [1.807, 2.05) is 0 Å². The quantitative estimate of drug-likeness (QED) is 0.747. The van der Waals surface area contributed by atoms with Crippen LogP contribution in [-0.2, 0) is 14.8 Å². The fourth-order valence-corrected chi connectivity index (χ4v) is 4.40. The van der Waals surface area contributed by atoms with Crippen LogP contribution in [0.4, 0.5) is 0 Å². The van der Waals surface area contributed by atoms with Crippen LogP contribution in [0, 0.1) is 0 Å². The summed E-state index contributed by atoms with van der Waals surface area (Å²) in [5.41, 5.74) is 0.295. The molecule has 0 bridgehead atoms. The zero-order valence-electron chi connectivity index (χ0n) is 13.8. The second-order valence-electron chi connectivity index (χ2n) is 5.78. The number of carbonyl (C=O) groups excluding carboxylic acids is 1. The van der Waals surface area contributed by atoms with Gasteiger partial charge in [0.05, 0.1) is 10.5 Å². The smallest absolute Gasteiger partial charge is 0.338 e. The molecule has 0 unspecified atom stereocenters. The Bertz CT molecular complexity index is 632. The molecule has 1 aromatic rings. The van der Waals surface area contributed by atoms with Gasteiger partial charge in [-0.25, -0.2) is 13.2 Å². The van der Waals surface area contributed by atoms with Gasteiger partial charge in [0.2, 0.25) is 10.0 Å². The minimum absolute atomic E-state index is 0.0423. The first kappa shape index (κ1) is 17.9. The van der Waals surface area contributed by atoms with Crippen molar-refractivity contribution in [2.45, 2.75) is 57.0 Å². The van der Waals surface area contributed by atoms with E-state index in [4.69, 9.17) is 4.74 Å². The van der Waals surface area contributed by atoms with Gasteiger partial charge in [-0.3, -0.25) is 0 Å². The third-order valence-electron chi connectivity index (χ3n) is 4.24. The molecular formula is C17H25NO4S. The molecule has 0 amide bonds. The van der Waals surface area contributed by atoms with Gasteiger partial charge in [-0.15, -0.1) is 0 Å². The average Bonchev–Trinajstić information content (AvgIpc) is 2.57. The fourth-order valence-electron chi connectivity index (χ4n) is 2.90. The number of hydrogen-bond acceptors (Lipinski definition) is 4. The van der Waals surface area contributed by atoms with Crippen molar-refractivity contribution < 1.29 is 17.9 Å². The van der Waals surface area contributed by atoms with E-state index in [1.165, 1.54) is 22.9 Å². The zero-order chi connectivity index (χ0) is 16.9. The summed E-state index contributed by atoms with van der Waals surface area (Å²) in [6.07, 6.45) is 5.08. The molecule has 0 aliphatic heterocycles. The number of sulfonamides is 1. The Morgan fingerprint density at radius 2 is 1.83 bits per heavy atom. The highest BCUT2D eigenvalue weighted by molar-refractivity contribution is 7.89. The highest BCUT2D eigenvalue weighted by Crippen LogP contribution is 2.22. The Morgan fingerprint density at radius 1 is 1.17 bits per heavy atom. The van der Waals surface area contributed by atoms with Crippen LogP contribution in [0.1, 0.15) is 56.3 Å². The number of nitrogens with zero attached hydrogens (tertiary/aromatic N) is 1. The molecular weight excluding hydrogens is 314 g/mol. The maximum absolute atomic E-state index is 12.5. The molecule has 1 saturated carbocycles. The van der Waals surface area contributed by atoms with Crippen molar-refractivity contribution in [1.29, 1.82) is 0 Å². The maximum Gasteiger partial charge on any atom is 0.338 e. The predicted octanol–water partition coefficient (Wildman–Crippen LogP) is 3.21. The summed E-state index contributed by atoms with van der Waals surface area (Å²) in [7, 11) is -3.56. The molecule has 6 heteroatoms. The van der Waals surface area contributed by atoms with Gasteiger partial charge < -0.3 is 4.74 Å². The van der Waals surface area contributed by atoms with Gasteiger partial charge in [0.15, 0.2) is 0 Å². The number of esters is 1. The van der Waals surface area contributed by atoms with Crippen LogP contribution in [0.25, 0.3) is 0 Å². The average molecular weight is 339 g/mol. The van der Waals surface area contributed by atoms with Gasteiger partial charge >= 0.3 is 5.97 Å². The lowest BCUT2D eigenvalue weighted by Gasteiger charge is -2.22. The van der Waals surface area contributed by atoms with E-state index in [0.29, 0.717) is 18.7 Å². The lowest BCUT2D eigenvalue weighted by molar-refractivity contribution is 0.0211. The second kappa shape index (κ2) is 7.93. The molecule has 5 nitrogen and oxygen atoms in total. The second-order valence-corrected chi connectivity index (χ2v) is 7.72. The molecule has 128 valence electrons. The predicted molar refractivity (Wildman–Crippen MR) is 88.8 cm³/mol. The summed E-state index contributed by atoms with van der Waals surface area (Å²) in [6.45, 7) is 4.38. The first-order valence-electron chi connectivity index (χ1n) is 8.30. The molecule has 0 heterocycles. The summed E-state index contributed by atoms with van der Waals surface area (Å²) in [5, 5.41) is 0. The maximum atomic E-state index is 12.5. The van der Waals surface area contributed by atoms with Gasteiger partial charge in [-0.2, -0.15) is 4.31 Å². The Kier molecular flexibility index (Phi) is 6.18. The van der Waals surface area contributed by atoms with Crippen molar-refractivity contribution in [1.82, 2.24) is 4.31 Å². The largest absolute Gasteiger partial charge is 0.459 e. The Hall–Kier alpha value is -1.40. The Balaban J connectivity index is 2.17. The Labute approximate surface area is 138 Å². The molecule has 1 aliphatic rings. The molecule has 2 rings (SSSR count). The molecule has 0 spiro atoms. The fraction of sp³-hybridized carbons (Fsp3) is 0.588. The minimum Gasteiger partial charge on any atom is -0.459 e. The van der Waals surface area contributed by atoms with Crippen LogP contribution in [0.3, 0.4) is 0 Å². The lowest BCUT2D eigenvalue weighted by atomic mass is 9.98. The van der Waals surface area contributed by atoms with E-state index in [-0.39, 0.29) is 11.0 Å². The molecule has 1 fully saturated rings. The molecule has 23 heavy (non-hydrogen) atoms. The van der Waals surface area contributed by atoms with Crippen LogP contribution in [0.15, 0.2) is 29.2 Å². The number of ether oxygens (including phenoxy) is 1. The lowest BCUT2D eigenvalue weighted by Crippen LogP contribution is -2.30. The number of rotatable bonds is 6. The molecule has 1 aromatic carbocycles. The summed E-state index contributed by atoms with van der Waals surface area (Å²) < 4.78 is 32.0. The van der Waals surface area contributed by atoms with Gasteiger partial charge in [-0.1, -0.05) is 26.3 Å². The van der Waals surface area contributed by atoms with Gasteiger partial charge in [0.25, 0.3) is 0 Å². The van der Waals surface area contributed by atoms with Crippen molar-refractivity contribution in [3.63, 3.8) is 0 Å². The van der Waals surface area contributed by atoms with Crippen molar-refractivity contribution >= 4 is 16.0 Å². The normalized spacial score (nSPS) is 16.5. The summed E-state index contributed by atoms with van der Waals surface area (Å²) in [5.74, 6) is -0.437. The van der Waals surface area contributed by atoms with Gasteiger partial charge in [0.1, 0.15) is 6.10 Å². The topological polar surface area (TPSA) is 63.7 Å². The number of hydrogen-bond donors (Lipinski definition) is 0. The Morgan fingerprint density at radius 3 is 2.43 bits per heavy atom. The summed E-state index contributed by atoms with van der Waals surface area (Å²) >= 11 is 0. The molecule has 0 atom stereocenters. The van der Waals surface area contributed by atoms with Crippen molar-refractivity contribution in [3.8, 4) is 0 Å².